The van der Waals surface area contributed by atoms with Crippen molar-refractivity contribution in [2.24, 2.45) is 11.8 Å². The summed E-state index contributed by atoms with van der Waals surface area (Å²) >= 11 is 0. The zero-order valence-corrected chi connectivity index (χ0v) is 17.5. The Labute approximate surface area is 168 Å². The van der Waals surface area contributed by atoms with Crippen molar-refractivity contribution in [2.75, 3.05) is 45.2 Å². The molecular formula is C22H29N3O2S. The smallest absolute Gasteiger partial charge is 0.218 e. The van der Waals surface area contributed by atoms with Gasteiger partial charge in [-0.05, 0) is 35.1 Å². The molecule has 0 N–H and O–H groups in total. The van der Waals surface area contributed by atoms with Gasteiger partial charge in [-0.15, -0.1) is 0 Å². The van der Waals surface area contributed by atoms with Crippen molar-refractivity contribution < 1.29 is 8.42 Å². The average molecular weight is 400 g/mol. The molecule has 0 bridgehead atoms. The number of fused-ring (bicyclic) bond motifs is 1. The third kappa shape index (κ3) is 4.24. The Kier molecular flexibility index (Phi) is 5.45. The van der Waals surface area contributed by atoms with Crippen molar-refractivity contribution in [3.8, 4) is 0 Å². The van der Waals surface area contributed by atoms with E-state index < -0.39 is 10.0 Å². The molecule has 2 aliphatic rings. The minimum atomic E-state index is -3.23. The van der Waals surface area contributed by atoms with E-state index in [-0.39, 0.29) is 5.75 Å². The third-order valence-electron chi connectivity index (χ3n) is 5.97. The Morgan fingerprint density at radius 3 is 2.04 bits per heavy atom. The van der Waals surface area contributed by atoms with E-state index in [1.807, 2.05) is 44.4 Å². The lowest BCUT2D eigenvalue weighted by Crippen LogP contribution is -2.34. The minimum Gasteiger partial charge on any atom is -0.378 e. The van der Waals surface area contributed by atoms with Crippen LogP contribution in [-0.4, -0.2) is 57.9 Å². The quantitative estimate of drug-likeness (QED) is 0.749. The van der Waals surface area contributed by atoms with Crippen LogP contribution in [0.4, 0.5) is 5.69 Å². The van der Waals surface area contributed by atoms with Gasteiger partial charge in [0.05, 0.1) is 5.75 Å². The molecule has 0 spiro atoms. The normalized spacial score (nSPS) is 23.1. The van der Waals surface area contributed by atoms with Gasteiger partial charge in [0.1, 0.15) is 0 Å². The number of sulfonamides is 1. The van der Waals surface area contributed by atoms with Crippen LogP contribution in [0.5, 0.6) is 0 Å². The van der Waals surface area contributed by atoms with Crippen LogP contribution in [0.2, 0.25) is 0 Å². The van der Waals surface area contributed by atoms with Gasteiger partial charge in [-0.2, -0.15) is 0 Å². The highest BCUT2D eigenvalue weighted by molar-refractivity contribution is 7.88. The van der Waals surface area contributed by atoms with Gasteiger partial charge in [-0.25, -0.2) is 12.7 Å². The molecule has 4 rings (SSSR count). The van der Waals surface area contributed by atoms with Gasteiger partial charge < -0.3 is 4.90 Å². The maximum Gasteiger partial charge on any atom is 0.218 e. The fourth-order valence-corrected chi connectivity index (χ4v) is 6.07. The molecule has 6 heteroatoms. The van der Waals surface area contributed by atoms with Gasteiger partial charge in [0.15, 0.2) is 0 Å². The van der Waals surface area contributed by atoms with Gasteiger partial charge in [-0.3, -0.25) is 4.90 Å². The summed E-state index contributed by atoms with van der Waals surface area (Å²) in [7, 11) is 0.866. The lowest BCUT2D eigenvalue weighted by Gasteiger charge is -2.22. The first-order valence-corrected chi connectivity index (χ1v) is 11.5. The molecule has 0 aliphatic carbocycles. The van der Waals surface area contributed by atoms with Crippen molar-refractivity contribution in [1.29, 1.82) is 0 Å². The molecule has 0 radical (unpaired) electrons. The molecular weight excluding hydrogens is 370 g/mol. The predicted octanol–water partition coefficient (Wildman–Crippen LogP) is 2.65. The summed E-state index contributed by atoms with van der Waals surface area (Å²) < 4.78 is 27.3. The number of hydrogen-bond acceptors (Lipinski definition) is 4. The number of rotatable bonds is 6. The average Bonchev–Trinajstić information content (AvgIpc) is 3.22. The van der Waals surface area contributed by atoms with E-state index in [2.05, 4.69) is 34.1 Å². The third-order valence-corrected chi connectivity index (χ3v) is 7.76. The van der Waals surface area contributed by atoms with Gasteiger partial charge in [0, 0.05) is 52.5 Å². The van der Waals surface area contributed by atoms with E-state index in [1.165, 1.54) is 11.3 Å². The first-order chi connectivity index (χ1) is 13.4. The minimum absolute atomic E-state index is 0.106. The number of hydrogen-bond donors (Lipinski definition) is 0. The SMILES string of the molecule is CN(C)c1ccc(CN2C[C@@H]3CN(S(=O)(=O)Cc4ccccc4)C[C@H]3C2)cc1. The van der Waals surface area contributed by atoms with Crippen LogP contribution in [0.25, 0.3) is 0 Å². The zero-order valence-electron chi connectivity index (χ0n) is 16.7. The molecule has 2 fully saturated rings. The Morgan fingerprint density at radius 1 is 0.857 bits per heavy atom. The summed E-state index contributed by atoms with van der Waals surface area (Å²) in [6.45, 7) is 4.23. The van der Waals surface area contributed by atoms with Crippen LogP contribution in [-0.2, 0) is 22.3 Å². The molecule has 2 aromatic carbocycles. The van der Waals surface area contributed by atoms with Gasteiger partial charge in [0.2, 0.25) is 10.0 Å². The van der Waals surface area contributed by atoms with Gasteiger partial charge in [0.25, 0.3) is 0 Å². The Hall–Kier alpha value is -1.89. The second kappa shape index (κ2) is 7.85. The fraction of sp³-hybridized carbons (Fsp3) is 0.455. The largest absolute Gasteiger partial charge is 0.378 e. The topological polar surface area (TPSA) is 43.9 Å². The Bertz CT molecular complexity index is 883. The van der Waals surface area contributed by atoms with Crippen LogP contribution < -0.4 is 4.90 Å². The van der Waals surface area contributed by atoms with E-state index in [4.69, 9.17) is 0 Å². The van der Waals surface area contributed by atoms with Crippen molar-refractivity contribution in [3.05, 3.63) is 65.7 Å². The Morgan fingerprint density at radius 2 is 1.46 bits per heavy atom. The molecule has 150 valence electrons. The van der Waals surface area contributed by atoms with E-state index in [9.17, 15) is 8.42 Å². The lowest BCUT2D eigenvalue weighted by molar-refractivity contribution is 0.289. The molecule has 0 aromatic heterocycles. The number of likely N-dealkylation sites (tertiary alicyclic amines) is 1. The van der Waals surface area contributed by atoms with Crippen LogP contribution >= 0.6 is 0 Å². The second-order valence-corrected chi connectivity index (χ2v) is 10.3. The number of anilines is 1. The monoisotopic (exact) mass is 399 g/mol. The van der Waals surface area contributed by atoms with Crippen LogP contribution in [0.1, 0.15) is 11.1 Å². The van der Waals surface area contributed by atoms with Gasteiger partial charge in [-0.1, -0.05) is 42.5 Å². The maximum atomic E-state index is 12.8. The molecule has 28 heavy (non-hydrogen) atoms. The summed E-state index contributed by atoms with van der Waals surface area (Å²) in [5.74, 6) is 1.01. The highest BCUT2D eigenvalue weighted by Crippen LogP contribution is 2.34. The summed E-state index contributed by atoms with van der Waals surface area (Å²) in [4.78, 5) is 4.58. The maximum absolute atomic E-state index is 12.8. The second-order valence-electron chi connectivity index (χ2n) is 8.33. The zero-order chi connectivity index (χ0) is 19.7. The summed E-state index contributed by atoms with van der Waals surface area (Å²) in [6, 6.07) is 18.2. The predicted molar refractivity (Wildman–Crippen MR) is 114 cm³/mol. The molecule has 0 saturated carbocycles. The highest BCUT2D eigenvalue weighted by Gasteiger charge is 2.43. The summed E-state index contributed by atoms with van der Waals surface area (Å²) in [5, 5.41) is 0. The molecule has 0 amide bonds. The van der Waals surface area contributed by atoms with E-state index in [0.29, 0.717) is 24.9 Å². The Balaban J connectivity index is 1.33. The number of benzene rings is 2. The van der Waals surface area contributed by atoms with Crippen LogP contribution in [0.15, 0.2) is 54.6 Å². The first kappa shape index (κ1) is 19.4. The van der Waals surface area contributed by atoms with Crippen LogP contribution in [0, 0.1) is 11.8 Å². The molecule has 2 saturated heterocycles. The van der Waals surface area contributed by atoms with Crippen molar-refractivity contribution in [3.63, 3.8) is 0 Å². The summed E-state index contributed by atoms with van der Waals surface area (Å²) in [5.41, 5.74) is 3.39. The fourth-order valence-electron chi connectivity index (χ4n) is 4.44. The summed E-state index contributed by atoms with van der Waals surface area (Å²) in [6.07, 6.45) is 0. The molecule has 0 unspecified atom stereocenters. The van der Waals surface area contributed by atoms with Crippen molar-refractivity contribution in [1.82, 2.24) is 9.21 Å². The van der Waals surface area contributed by atoms with E-state index in [1.54, 1.807) is 4.31 Å². The first-order valence-electron chi connectivity index (χ1n) is 9.91. The molecule has 5 nitrogen and oxygen atoms in total. The highest BCUT2D eigenvalue weighted by atomic mass is 32.2. The lowest BCUT2D eigenvalue weighted by atomic mass is 10.0. The standard InChI is InChI=1S/C22H29N3O2S/c1-23(2)22-10-8-18(9-11-22)12-24-13-20-15-25(16-21(20)14-24)28(26,27)17-19-6-4-3-5-7-19/h3-11,20-21H,12-17H2,1-2H3/t20-,21-/m1/s1. The molecule has 2 atom stereocenters. The van der Waals surface area contributed by atoms with Crippen LogP contribution in [0.3, 0.4) is 0 Å². The number of nitrogens with zero attached hydrogens (tertiary/aromatic N) is 3. The van der Waals surface area contributed by atoms with Crippen molar-refractivity contribution in [2.45, 2.75) is 12.3 Å². The van der Waals surface area contributed by atoms with Gasteiger partial charge >= 0.3 is 0 Å². The van der Waals surface area contributed by atoms with Crippen molar-refractivity contribution >= 4 is 15.7 Å². The van der Waals surface area contributed by atoms with E-state index >= 15 is 0 Å². The molecule has 2 aromatic rings. The molecule has 2 aliphatic heterocycles. The molecule has 2 heterocycles. The van der Waals surface area contributed by atoms with E-state index in [0.717, 1.165) is 25.2 Å².